The Morgan fingerprint density at radius 1 is 1.18 bits per heavy atom. The maximum atomic E-state index is 12.0. The molecule has 0 bridgehead atoms. The summed E-state index contributed by atoms with van der Waals surface area (Å²) in [6.45, 7) is 0.355. The van der Waals surface area contributed by atoms with Gasteiger partial charge >= 0.3 is 0 Å². The normalized spacial score (nSPS) is 20.8. The number of imide groups is 1. The molecule has 2 aromatic carbocycles. The summed E-state index contributed by atoms with van der Waals surface area (Å²) in [7, 11) is 0. The van der Waals surface area contributed by atoms with Gasteiger partial charge in [-0.1, -0.05) is 29.4 Å². The SMILES string of the molecule is O=C1NC(=O)C(C2COc3cc(Oc4ccnc5cc(Cl)ccc45)ccc32)S1. The van der Waals surface area contributed by atoms with Gasteiger partial charge < -0.3 is 9.47 Å². The summed E-state index contributed by atoms with van der Waals surface area (Å²) in [5.74, 6) is 1.51. The fourth-order valence-corrected chi connectivity index (χ4v) is 4.59. The highest BCUT2D eigenvalue weighted by Crippen LogP contribution is 2.44. The highest BCUT2D eigenvalue weighted by atomic mass is 35.5. The molecule has 3 heterocycles. The van der Waals surface area contributed by atoms with Crippen LogP contribution in [-0.4, -0.2) is 28.0 Å². The van der Waals surface area contributed by atoms with Crippen LogP contribution in [-0.2, 0) is 4.79 Å². The second-order valence-corrected chi connectivity index (χ2v) is 8.06. The molecule has 1 fully saturated rings. The van der Waals surface area contributed by atoms with E-state index in [1.54, 1.807) is 30.5 Å². The van der Waals surface area contributed by atoms with Crippen molar-refractivity contribution in [2.75, 3.05) is 6.61 Å². The first kappa shape index (κ1) is 17.3. The number of rotatable bonds is 3. The number of halogens is 1. The number of nitrogens with zero attached hydrogens (tertiary/aromatic N) is 1. The summed E-state index contributed by atoms with van der Waals surface area (Å²) in [6.07, 6.45) is 1.67. The molecule has 140 valence electrons. The number of carbonyl (C=O) groups excluding carboxylic acids is 2. The first-order valence-electron chi connectivity index (χ1n) is 8.59. The van der Waals surface area contributed by atoms with Crippen molar-refractivity contribution in [3.8, 4) is 17.2 Å². The van der Waals surface area contributed by atoms with E-state index in [0.29, 0.717) is 28.9 Å². The number of ether oxygens (including phenoxy) is 2. The largest absolute Gasteiger partial charge is 0.492 e. The number of amides is 2. The maximum Gasteiger partial charge on any atom is 0.286 e. The Balaban J connectivity index is 1.43. The van der Waals surface area contributed by atoms with E-state index in [1.807, 2.05) is 18.2 Å². The van der Waals surface area contributed by atoms with Crippen LogP contribution in [0.5, 0.6) is 17.2 Å². The van der Waals surface area contributed by atoms with Crippen LogP contribution in [0.3, 0.4) is 0 Å². The first-order valence-corrected chi connectivity index (χ1v) is 9.84. The minimum Gasteiger partial charge on any atom is -0.492 e. The van der Waals surface area contributed by atoms with Crippen LogP contribution in [0.4, 0.5) is 4.79 Å². The maximum absolute atomic E-state index is 12.0. The fourth-order valence-electron chi connectivity index (χ4n) is 3.48. The van der Waals surface area contributed by atoms with Gasteiger partial charge in [-0.15, -0.1) is 0 Å². The number of fused-ring (bicyclic) bond motifs is 2. The number of benzene rings is 2. The molecule has 2 aliphatic rings. The monoisotopic (exact) mass is 412 g/mol. The van der Waals surface area contributed by atoms with Gasteiger partial charge in [-0.05, 0) is 30.3 Å². The zero-order valence-electron chi connectivity index (χ0n) is 14.3. The molecule has 8 heteroatoms. The van der Waals surface area contributed by atoms with Crippen LogP contribution >= 0.6 is 23.4 Å². The molecule has 0 radical (unpaired) electrons. The molecular weight excluding hydrogens is 400 g/mol. The second-order valence-electron chi connectivity index (χ2n) is 6.50. The van der Waals surface area contributed by atoms with E-state index < -0.39 is 5.25 Å². The van der Waals surface area contributed by atoms with Crippen molar-refractivity contribution in [1.29, 1.82) is 0 Å². The number of hydrogen-bond donors (Lipinski definition) is 1. The van der Waals surface area contributed by atoms with Gasteiger partial charge in [0.1, 0.15) is 22.5 Å². The summed E-state index contributed by atoms with van der Waals surface area (Å²) in [5, 5.41) is 3.02. The van der Waals surface area contributed by atoms with Crippen molar-refractivity contribution >= 4 is 45.4 Å². The predicted molar refractivity (Wildman–Crippen MR) is 106 cm³/mol. The average Bonchev–Trinajstić information content (AvgIpc) is 3.23. The Labute approximate surface area is 169 Å². The molecule has 1 N–H and O–H groups in total. The standard InChI is InChI=1S/C20H13ClN2O4S/c21-10-1-3-13-15(7-10)22-6-5-16(13)27-11-2-4-12-14(9-26-17(12)8-11)18-19(24)23-20(25)28-18/h1-8,14,18H,9H2,(H,23,24,25). The number of thioether (sulfide) groups is 1. The van der Waals surface area contributed by atoms with E-state index >= 15 is 0 Å². The van der Waals surface area contributed by atoms with Gasteiger partial charge in [-0.2, -0.15) is 0 Å². The average molecular weight is 413 g/mol. The van der Waals surface area contributed by atoms with Crippen molar-refractivity contribution in [2.24, 2.45) is 0 Å². The van der Waals surface area contributed by atoms with Gasteiger partial charge in [0.05, 0.1) is 12.1 Å². The number of pyridine rings is 1. The van der Waals surface area contributed by atoms with Crippen LogP contribution < -0.4 is 14.8 Å². The molecule has 28 heavy (non-hydrogen) atoms. The van der Waals surface area contributed by atoms with Gasteiger partial charge in [0.2, 0.25) is 5.91 Å². The summed E-state index contributed by atoms with van der Waals surface area (Å²) in [6, 6.07) is 12.8. The molecule has 0 saturated carbocycles. The summed E-state index contributed by atoms with van der Waals surface area (Å²) >= 11 is 7.05. The second kappa shape index (κ2) is 6.68. The quantitative estimate of drug-likeness (QED) is 0.682. The molecule has 6 nitrogen and oxygen atoms in total. The van der Waals surface area contributed by atoms with Crippen molar-refractivity contribution < 1.29 is 19.1 Å². The Bertz CT molecular complexity index is 1140. The zero-order chi connectivity index (χ0) is 19.3. The molecule has 2 aliphatic heterocycles. The van der Waals surface area contributed by atoms with Gasteiger partial charge in [0.25, 0.3) is 5.24 Å². The number of carbonyl (C=O) groups is 2. The third kappa shape index (κ3) is 2.96. The zero-order valence-corrected chi connectivity index (χ0v) is 15.9. The number of nitrogens with one attached hydrogen (secondary N) is 1. The van der Waals surface area contributed by atoms with E-state index in [9.17, 15) is 9.59 Å². The lowest BCUT2D eigenvalue weighted by molar-refractivity contribution is -0.119. The number of hydrogen-bond acceptors (Lipinski definition) is 6. The first-order chi connectivity index (χ1) is 13.6. The van der Waals surface area contributed by atoms with Crippen molar-refractivity contribution in [2.45, 2.75) is 11.2 Å². The Morgan fingerprint density at radius 2 is 2.07 bits per heavy atom. The van der Waals surface area contributed by atoms with Crippen LogP contribution in [0.1, 0.15) is 11.5 Å². The van der Waals surface area contributed by atoms with Gasteiger partial charge in [-0.25, -0.2) is 0 Å². The Hall–Kier alpha value is -2.77. The minimum absolute atomic E-state index is 0.163. The summed E-state index contributed by atoms with van der Waals surface area (Å²) < 4.78 is 11.8. The van der Waals surface area contributed by atoms with Crippen LogP contribution in [0.15, 0.2) is 48.7 Å². The lowest BCUT2D eigenvalue weighted by atomic mass is 9.97. The van der Waals surface area contributed by atoms with E-state index in [4.69, 9.17) is 21.1 Å². The third-order valence-electron chi connectivity index (χ3n) is 4.78. The van der Waals surface area contributed by atoms with Gasteiger partial charge in [0, 0.05) is 34.2 Å². The van der Waals surface area contributed by atoms with Gasteiger partial charge in [-0.3, -0.25) is 19.9 Å². The molecule has 3 aromatic rings. The highest BCUT2D eigenvalue weighted by Gasteiger charge is 2.42. The molecular formula is C20H13ClN2O4S. The molecule has 0 spiro atoms. The highest BCUT2D eigenvalue weighted by molar-refractivity contribution is 8.15. The lowest BCUT2D eigenvalue weighted by Gasteiger charge is -2.13. The topological polar surface area (TPSA) is 77.5 Å². The van der Waals surface area contributed by atoms with Crippen LogP contribution in [0.25, 0.3) is 10.9 Å². The van der Waals surface area contributed by atoms with Crippen molar-refractivity contribution in [3.63, 3.8) is 0 Å². The Morgan fingerprint density at radius 3 is 2.89 bits per heavy atom. The molecule has 2 atom stereocenters. The van der Waals surface area contributed by atoms with Crippen molar-refractivity contribution in [3.05, 3.63) is 59.2 Å². The third-order valence-corrected chi connectivity index (χ3v) is 6.13. The molecule has 1 aromatic heterocycles. The molecule has 5 rings (SSSR count). The Kier molecular flexibility index (Phi) is 4.14. The van der Waals surface area contributed by atoms with Crippen LogP contribution in [0, 0.1) is 0 Å². The van der Waals surface area contributed by atoms with E-state index in [2.05, 4.69) is 10.3 Å². The fraction of sp³-hybridized carbons (Fsp3) is 0.150. The number of aromatic nitrogens is 1. The van der Waals surface area contributed by atoms with Crippen molar-refractivity contribution in [1.82, 2.24) is 10.3 Å². The molecule has 0 aliphatic carbocycles. The van der Waals surface area contributed by atoms with Crippen LogP contribution in [0.2, 0.25) is 5.02 Å². The van der Waals surface area contributed by atoms with E-state index in [1.165, 1.54) is 0 Å². The smallest absolute Gasteiger partial charge is 0.286 e. The minimum atomic E-state index is -0.464. The summed E-state index contributed by atoms with van der Waals surface area (Å²) in [4.78, 5) is 27.8. The predicted octanol–water partition coefficient (Wildman–Crippen LogP) is 4.51. The molecule has 2 unspecified atom stereocenters. The molecule has 2 amide bonds. The summed E-state index contributed by atoms with van der Waals surface area (Å²) in [5.41, 5.74) is 1.65. The van der Waals surface area contributed by atoms with E-state index in [-0.39, 0.29) is 17.1 Å². The van der Waals surface area contributed by atoms with Gasteiger partial charge in [0.15, 0.2) is 0 Å². The molecule has 1 saturated heterocycles. The lowest BCUT2D eigenvalue weighted by Crippen LogP contribution is -2.29. The van der Waals surface area contributed by atoms with E-state index in [0.717, 1.165) is 28.2 Å².